The Balaban J connectivity index is 2.18. The van der Waals surface area contributed by atoms with Gasteiger partial charge in [0.2, 0.25) is 0 Å². The summed E-state index contributed by atoms with van der Waals surface area (Å²) in [7, 11) is 0. The molecule has 1 N–H and O–H groups in total. The van der Waals surface area contributed by atoms with Crippen molar-refractivity contribution in [1.29, 1.82) is 0 Å². The first kappa shape index (κ1) is 11.2. The molecule has 1 atom stereocenters. The Morgan fingerprint density at radius 2 is 2.06 bits per heavy atom. The van der Waals surface area contributed by atoms with Crippen LogP contribution in [0.1, 0.15) is 24.2 Å². The highest BCUT2D eigenvalue weighted by Crippen LogP contribution is 2.18. The molecule has 1 unspecified atom stereocenters. The smallest absolute Gasteiger partial charge is 0.0776 e. The molecule has 16 heavy (non-hydrogen) atoms. The van der Waals surface area contributed by atoms with Gasteiger partial charge in [0.05, 0.1) is 6.10 Å². The molecule has 0 fully saturated rings. The van der Waals surface area contributed by atoms with E-state index < -0.39 is 6.10 Å². The summed E-state index contributed by atoms with van der Waals surface area (Å²) in [5.41, 5.74) is 2.00. The van der Waals surface area contributed by atoms with E-state index in [4.69, 9.17) is 11.6 Å². The first-order chi connectivity index (χ1) is 7.66. The summed E-state index contributed by atoms with van der Waals surface area (Å²) < 4.78 is 2.02. The van der Waals surface area contributed by atoms with Gasteiger partial charge < -0.3 is 9.67 Å². The van der Waals surface area contributed by atoms with Gasteiger partial charge in [-0.2, -0.15) is 0 Å². The highest BCUT2D eigenvalue weighted by molar-refractivity contribution is 6.31. The zero-order valence-corrected chi connectivity index (χ0v) is 9.85. The van der Waals surface area contributed by atoms with Crippen molar-refractivity contribution >= 4 is 11.6 Å². The fourth-order valence-electron chi connectivity index (χ4n) is 1.63. The molecule has 0 saturated carbocycles. The van der Waals surface area contributed by atoms with E-state index in [-0.39, 0.29) is 0 Å². The van der Waals surface area contributed by atoms with Crippen LogP contribution in [0.3, 0.4) is 0 Å². The third kappa shape index (κ3) is 2.46. The molecule has 0 spiro atoms. The number of aromatic nitrogens is 1. The average molecular weight is 236 g/mol. The number of halogens is 1. The van der Waals surface area contributed by atoms with Gasteiger partial charge in [0, 0.05) is 24.0 Å². The lowest BCUT2D eigenvalue weighted by atomic mass is 10.2. The van der Waals surface area contributed by atoms with Crippen LogP contribution < -0.4 is 0 Å². The van der Waals surface area contributed by atoms with Crippen LogP contribution in [0.4, 0.5) is 0 Å². The fraction of sp³-hybridized carbons (Fsp3) is 0.231. The second kappa shape index (κ2) is 4.73. The molecule has 0 aliphatic carbocycles. The molecular formula is C13H14ClNO. The number of rotatable bonds is 3. The summed E-state index contributed by atoms with van der Waals surface area (Å²) in [5.74, 6) is 0. The lowest BCUT2D eigenvalue weighted by molar-refractivity contribution is 0.199. The highest BCUT2D eigenvalue weighted by Gasteiger charge is 2.04. The van der Waals surface area contributed by atoms with Crippen LogP contribution in [-0.4, -0.2) is 9.67 Å². The Morgan fingerprint density at radius 3 is 2.69 bits per heavy atom. The largest absolute Gasteiger partial charge is 0.389 e. The molecule has 0 saturated heterocycles. The predicted molar refractivity (Wildman–Crippen MR) is 65.6 cm³/mol. The Hall–Kier alpha value is -1.25. The van der Waals surface area contributed by atoms with Crippen molar-refractivity contribution in [3.63, 3.8) is 0 Å². The summed E-state index contributed by atoms with van der Waals surface area (Å²) in [4.78, 5) is 0. The van der Waals surface area contributed by atoms with Crippen molar-refractivity contribution < 1.29 is 5.11 Å². The van der Waals surface area contributed by atoms with E-state index in [1.807, 2.05) is 47.3 Å². The van der Waals surface area contributed by atoms with Crippen molar-refractivity contribution in [3.8, 4) is 0 Å². The zero-order chi connectivity index (χ0) is 11.5. The van der Waals surface area contributed by atoms with Crippen molar-refractivity contribution in [2.45, 2.75) is 19.6 Å². The van der Waals surface area contributed by atoms with E-state index in [2.05, 4.69) is 0 Å². The van der Waals surface area contributed by atoms with Crippen LogP contribution in [0.25, 0.3) is 0 Å². The lowest BCUT2D eigenvalue weighted by Gasteiger charge is -2.05. The van der Waals surface area contributed by atoms with Gasteiger partial charge in [0.15, 0.2) is 0 Å². The minimum Gasteiger partial charge on any atom is -0.389 e. The van der Waals surface area contributed by atoms with E-state index in [0.717, 1.165) is 22.7 Å². The predicted octanol–water partition coefficient (Wildman–Crippen LogP) is 3.24. The second-order valence-electron chi connectivity index (χ2n) is 3.88. The standard InChI is InChI=1S/C13H14ClNO/c1-10(16)11-6-7-15(8-11)9-12-4-2-3-5-13(12)14/h2-8,10,16H,9H2,1H3. The summed E-state index contributed by atoms with van der Waals surface area (Å²) in [6, 6.07) is 9.70. The van der Waals surface area contributed by atoms with Gasteiger partial charge in [-0.25, -0.2) is 0 Å². The maximum Gasteiger partial charge on any atom is 0.0776 e. The quantitative estimate of drug-likeness (QED) is 0.868. The lowest BCUT2D eigenvalue weighted by Crippen LogP contribution is -1.97. The maximum absolute atomic E-state index is 9.42. The molecule has 0 aliphatic rings. The zero-order valence-electron chi connectivity index (χ0n) is 9.10. The molecule has 1 aromatic heterocycles. The number of hydrogen-bond donors (Lipinski definition) is 1. The molecule has 2 nitrogen and oxygen atoms in total. The minimum atomic E-state index is -0.424. The SMILES string of the molecule is CC(O)c1ccn(Cc2ccccc2Cl)c1. The van der Waals surface area contributed by atoms with E-state index in [1.54, 1.807) is 6.92 Å². The number of hydrogen-bond acceptors (Lipinski definition) is 1. The molecule has 0 radical (unpaired) electrons. The van der Waals surface area contributed by atoms with Gasteiger partial charge in [0.25, 0.3) is 0 Å². The number of benzene rings is 1. The van der Waals surface area contributed by atoms with Gasteiger partial charge in [-0.3, -0.25) is 0 Å². The summed E-state index contributed by atoms with van der Waals surface area (Å²) in [6.45, 7) is 2.49. The Morgan fingerprint density at radius 1 is 1.31 bits per heavy atom. The van der Waals surface area contributed by atoms with E-state index in [0.29, 0.717) is 0 Å². The Kier molecular flexibility index (Phi) is 3.32. The van der Waals surface area contributed by atoms with Crippen LogP contribution in [0.5, 0.6) is 0 Å². The van der Waals surface area contributed by atoms with Gasteiger partial charge >= 0.3 is 0 Å². The molecule has 0 aliphatic heterocycles. The maximum atomic E-state index is 9.42. The molecule has 3 heteroatoms. The van der Waals surface area contributed by atoms with Crippen LogP contribution in [0, 0.1) is 0 Å². The fourth-order valence-corrected chi connectivity index (χ4v) is 1.82. The van der Waals surface area contributed by atoms with Crippen molar-refractivity contribution in [2.24, 2.45) is 0 Å². The van der Waals surface area contributed by atoms with Gasteiger partial charge in [-0.05, 0) is 30.2 Å². The number of aliphatic hydroxyl groups excluding tert-OH is 1. The van der Waals surface area contributed by atoms with Gasteiger partial charge in [-0.15, -0.1) is 0 Å². The van der Waals surface area contributed by atoms with Gasteiger partial charge in [0.1, 0.15) is 0 Å². The average Bonchev–Trinajstić information content (AvgIpc) is 2.70. The van der Waals surface area contributed by atoms with Crippen LogP contribution in [-0.2, 0) is 6.54 Å². The molecule has 0 amide bonds. The van der Waals surface area contributed by atoms with E-state index in [1.165, 1.54) is 0 Å². The molecule has 1 heterocycles. The molecular weight excluding hydrogens is 222 g/mol. The Bertz CT molecular complexity index is 476. The highest BCUT2D eigenvalue weighted by atomic mass is 35.5. The van der Waals surface area contributed by atoms with Crippen molar-refractivity contribution in [1.82, 2.24) is 4.57 Å². The summed E-state index contributed by atoms with van der Waals surface area (Å²) in [6.07, 6.45) is 3.46. The molecule has 84 valence electrons. The summed E-state index contributed by atoms with van der Waals surface area (Å²) >= 11 is 6.08. The monoisotopic (exact) mass is 235 g/mol. The third-order valence-corrected chi connectivity index (χ3v) is 2.94. The Labute approximate surface area is 100 Å². The first-order valence-electron chi connectivity index (χ1n) is 5.24. The van der Waals surface area contributed by atoms with Crippen LogP contribution in [0.15, 0.2) is 42.7 Å². The third-order valence-electron chi connectivity index (χ3n) is 2.57. The summed E-state index contributed by atoms with van der Waals surface area (Å²) in [5, 5.41) is 10.2. The second-order valence-corrected chi connectivity index (χ2v) is 4.29. The topological polar surface area (TPSA) is 25.2 Å². The molecule has 2 aromatic rings. The number of nitrogens with zero attached hydrogens (tertiary/aromatic N) is 1. The van der Waals surface area contributed by atoms with Crippen molar-refractivity contribution in [2.75, 3.05) is 0 Å². The normalized spacial score (nSPS) is 12.7. The van der Waals surface area contributed by atoms with E-state index >= 15 is 0 Å². The van der Waals surface area contributed by atoms with E-state index in [9.17, 15) is 5.11 Å². The first-order valence-corrected chi connectivity index (χ1v) is 5.62. The van der Waals surface area contributed by atoms with Crippen LogP contribution in [0.2, 0.25) is 5.02 Å². The molecule has 0 bridgehead atoms. The van der Waals surface area contributed by atoms with Crippen LogP contribution >= 0.6 is 11.6 Å². The van der Waals surface area contributed by atoms with Crippen molar-refractivity contribution in [3.05, 3.63) is 58.9 Å². The van der Waals surface area contributed by atoms with Gasteiger partial charge in [-0.1, -0.05) is 29.8 Å². The molecule has 1 aromatic carbocycles. The number of aliphatic hydroxyl groups is 1. The molecule has 2 rings (SSSR count). The minimum absolute atomic E-state index is 0.424.